The first-order valence-electron chi connectivity index (χ1n) is 9.45. The van der Waals surface area contributed by atoms with Gasteiger partial charge < -0.3 is 15.0 Å². The van der Waals surface area contributed by atoms with Gasteiger partial charge in [-0.3, -0.25) is 0 Å². The number of anilines is 1. The van der Waals surface area contributed by atoms with E-state index in [-0.39, 0.29) is 12.1 Å². The standard InChI is InChI=1S/C21H27N3O2/c1-2-3-13-22-20-18(11-7-14-23-20)19-12-8-15-24(19)21(25)26-16-17-9-5-4-6-10-17/h4-7,9-11,14,19H,2-3,8,12-13,15-16H2,1H3,(H,22,23). The van der Waals surface area contributed by atoms with Gasteiger partial charge in [0.2, 0.25) is 0 Å². The van der Waals surface area contributed by atoms with Crippen LogP contribution < -0.4 is 5.32 Å². The highest BCUT2D eigenvalue weighted by atomic mass is 16.6. The Hall–Kier alpha value is -2.56. The van der Waals surface area contributed by atoms with Crippen LogP contribution in [0.2, 0.25) is 0 Å². The van der Waals surface area contributed by atoms with Crippen LogP contribution in [0.1, 0.15) is 49.8 Å². The Kier molecular flexibility index (Phi) is 6.47. The molecule has 5 nitrogen and oxygen atoms in total. The SMILES string of the molecule is CCCCNc1ncccc1C1CCCN1C(=O)OCc1ccccc1. The molecule has 3 rings (SSSR count). The van der Waals surface area contributed by atoms with E-state index in [1.807, 2.05) is 41.3 Å². The van der Waals surface area contributed by atoms with Gasteiger partial charge in [0.05, 0.1) is 6.04 Å². The summed E-state index contributed by atoms with van der Waals surface area (Å²) < 4.78 is 5.55. The lowest BCUT2D eigenvalue weighted by atomic mass is 10.1. The molecule has 1 aliphatic rings. The minimum atomic E-state index is -0.250. The summed E-state index contributed by atoms with van der Waals surface area (Å²) in [6.45, 7) is 4.09. The maximum absolute atomic E-state index is 12.6. The number of nitrogens with zero attached hydrogens (tertiary/aromatic N) is 2. The van der Waals surface area contributed by atoms with E-state index < -0.39 is 0 Å². The summed E-state index contributed by atoms with van der Waals surface area (Å²) in [5.74, 6) is 0.883. The van der Waals surface area contributed by atoms with Crippen molar-refractivity contribution in [1.82, 2.24) is 9.88 Å². The predicted octanol–water partition coefficient (Wildman–Crippen LogP) is 4.77. The van der Waals surface area contributed by atoms with Crippen LogP contribution in [-0.4, -0.2) is 29.1 Å². The number of unbranched alkanes of at least 4 members (excludes halogenated alkanes) is 1. The van der Waals surface area contributed by atoms with Gasteiger partial charge in [-0.1, -0.05) is 49.7 Å². The molecule has 1 amide bonds. The Morgan fingerprint density at radius 2 is 2.12 bits per heavy atom. The lowest BCUT2D eigenvalue weighted by molar-refractivity contribution is 0.0921. The number of aromatic nitrogens is 1. The van der Waals surface area contributed by atoms with Crippen molar-refractivity contribution in [3.8, 4) is 0 Å². The predicted molar refractivity (Wildman–Crippen MR) is 103 cm³/mol. The number of benzene rings is 1. The molecule has 1 aliphatic heterocycles. The molecule has 1 saturated heterocycles. The fourth-order valence-electron chi connectivity index (χ4n) is 3.33. The van der Waals surface area contributed by atoms with Crippen LogP contribution in [-0.2, 0) is 11.3 Å². The number of amides is 1. The fraction of sp³-hybridized carbons (Fsp3) is 0.429. The summed E-state index contributed by atoms with van der Waals surface area (Å²) in [6.07, 6.45) is 5.70. The average Bonchev–Trinajstić information content (AvgIpc) is 3.17. The number of carbonyl (C=O) groups is 1. The molecular formula is C21H27N3O2. The van der Waals surface area contributed by atoms with Gasteiger partial charge in [-0.15, -0.1) is 0 Å². The van der Waals surface area contributed by atoms with Gasteiger partial charge in [-0.25, -0.2) is 9.78 Å². The number of likely N-dealkylation sites (tertiary alicyclic amines) is 1. The molecule has 0 aliphatic carbocycles. The quantitative estimate of drug-likeness (QED) is 0.729. The smallest absolute Gasteiger partial charge is 0.410 e. The Bertz CT molecular complexity index is 705. The highest BCUT2D eigenvalue weighted by molar-refractivity contribution is 5.69. The molecule has 0 saturated carbocycles. The van der Waals surface area contributed by atoms with Gasteiger partial charge in [0.15, 0.2) is 0 Å². The first-order valence-corrected chi connectivity index (χ1v) is 9.45. The summed E-state index contributed by atoms with van der Waals surface area (Å²) in [4.78, 5) is 19.0. The van der Waals surface area contributed by atoms with Crippen LogP contribution >= 0.6 is 0 Å². The summed E-state index contributed by atoms with van der Waals surface area (Å²) in [7, 11) is 0. The molecule has 1 atom stereocenters. The van der Waals surface area contributed by atoms with Crippen molar-refractivity contribution in [2.75, 3.05) is 18.4 Å². The number of ether oxygens (including phenoxy) is 1. The maximum atomic E-state index is 12.6. The second-order valence-electron chi connectivity index (χ2n) is 6.61. The number of hydrogen-bond donors (Lipinski definition) is 1. The third-order valence-electron chi connectivity index (χ3n) is 4.71. The van der Waals surface area contributed by atoms with Crippen LogP contribution in [0.3, 0.4) is 0 Å². The Morgan fingerprint density at radius 3 is 2.92 bits per heavy atom. The highest BCUT2D eigenvalue weighted by Gasteiger charge is 2.32. The summed E-state index contributed by atoms with van der Waals surface area (Å²) >= 11 is 0. The molecule has 5 heteroatoms. The van der Waals surface area contributed by atoms with E-state index in [1.54, 1.807) is 6.20 Å². The molecule has 1 N–H and O–H groups in total. The number of rotatable bonds is 7. The third kappa shape index (κ3) is 4.54. The number of carbonyl (C=O) groups excluding carboxylic acids is 1. The third-order valence-corrected chi connectivity index (χ3v) is 4.71. The van der Waals surface area contributed by atoms with Crippen molar-refractivity contribution in [2.45, 2.75) is 45.3 Å². The summed E-state index contributed by atoms with van der Waals surface area (Å²) in [6, 6.07) is 13.8. The van der Waals surface area contributed by atoms with E-state index in [1.165, 1.54) is 0 Å². The lowest BCUT2D eigenvalue weighted by Crippen LogP contribution is -2.31. The molecule has 1 unspecified atom stereocenters. The van der Waals surface area contributed by atoms with Crippen LogP contribution in [0, 0.1) is 0 Å². The van der Waals surface area contributed by atoms with Crippen molar-refractivity contribution < 1.29 is 9.53 Å². The Morgan fingerprint density at radius 1 is 1.27 bits per heavy atom. The van der Waals surface area contributed by atoms with Gasteiger partial charge in [0, 0.05) is 24.8 Å². The fourth-order valence-corrected chi connectivity index (χ4v) is 3.33. The molecule has 1 fully saturated rings. The first-order chi connectivity index (χ1) is 12.8. The molecule has 0 radical (unpaired) electrons. The second kappa shape index (κ2) is 9.22. The monoisotopic (exact) mass is 353 g/mol. The largest absolute Gasteiger partial charge is 0.445 e. The van der Waals surface area contributed by atoms with Gasteiger partial charge in [-0.2, -0.15) is 0 Å². The Balaban J connectivity index is 1.67. The minimum Gasteiger partial charge on any atom is -0.445 e. The van der Waals surface area contributed by atoms with Gasteiger partial charge in [0.25, 0.3) is 0 Å². The zero-order valence-electron chi connectivity index (χ0n) is 15.4. The van der Waals surface area contributed by atoms with Crippen molar-refractivity contribution >= 4 is 11.9 Å². The molecule has 2 aromatic rings. The van der Waals surface area contributed by atoms with Crippen LogP contribution in [0.4, 0.5) is 10.6 Å². The van der Waals surface area contributed by atoms with E-state index in [0.717, 1.165) is 55.7 Å². The summed E-state index contributed by atoms with van der Waals surface area (Å²) in [5.41, 5.74) is 2.08. The molecule has 0 bridgehead atoms. The number of hydrogen-bond acceptors (Lipinski definition) is 4. The van der Waals surface area contributed by atoms with Crippen LogP contribution in [0.25, 0.3) is 0 Å². The molecule has 1 aromatic heterocycles. The second-order valence-corrected chi connectivity index (χ2v) is 6.61. The van der Waals surface area contributed by atoms with Crippen molar-refractivity contribution in [3.63, 3.8) is 0 Å². The number of nitrogens with one attached hydrogen (secondary N) is 1. The molecule has 0 spiro atoms. The van der Waals surface area contributed by atoms with Crippen LogP contribution in [0.15, 0.2) is 48.7 Å². The Labute approximate surface area is 155 Å². The van der Waals surface area contributed by atoms with Gasteiger partial charge >= 0.3 is 6.09 Å². The number of pyridine rings is 1. The summed E-state index contributed by atoms with van der Waals surface area (Å²) in [5, 5.41) is 3.42. The molecule has 138 valence electrons. The van der Waals surface area contributed by atoms with Crippen molar-refractivity contribution in [2.24, 2.45) is 0 Å². The van der Waals surface area contributed by atoms with Gasteiger partial charge in [0.1, 0.15) is 12.4 Å². The normalized spacial score (nSPS) is 16.5. The lowest BCUT2D eigenvalue weighted by Gasteiger charge is -2.26. The van der Waals surface area contributed by atoms with Crippen LogP contribution in [0.5, 0.6) is 0 Å². The molecular weight excluding hydrogens is 326 g/mol. The molecule has 1 aromatic carbocycles. The van der Waals surface area contributed by atoms with E-state index in [9.17, 15) is 4.79 Å². The average molecular weight is 353 g/mol. The van der Waals surface area contributed by atoms with Gasteiger partial charge in [-0.05, 0) is 30.9 Å². The zero-order chi connectivity index (χ0) is 18.2. The zero-order valence-corrected chi connectivity index (χ0v) is 15.4. The van der Waals surface area contributed by atoms with E-state index in [0.29, 0.717) is 6.61 Å². The van der Waals surface area contributed by atoms with E-state index >= 15 is 0 Å². The first kappa shape index (κ1) is 18.2. The van der Waals surface area contributed by atoms with Crippen molar-refractivity contribution in [3.05, 3.63) is 59.8 Å². The maximum Gasteiger partial charge on any atom is 0.410 e. The minimum absolute atomic E-state index is 0.0242. The van der Waals surface area contributed by atoms with E-state index in [4.69, 9.17) is 4.74 Å². The van der Waals surface area contributed by atoms with E-state index in [2.05, 4.69) is 23.3 Å². The topological polar surface area (TPSA) is 54.5 Å². The highest BCUT2D eigenvalue weighted by Crippen LogP contribution is 2.35. The van der Waals surface area contributed by atoms with Crippen molar-refractivity contribution in [1.29, 1.82) is 0 Å². The molecule has 26 heavy (non-hydrogen) atoms. The molecule has 2 heterocycles.